The van der Waals surface area contributed by atoms with Crippen LogP contribution in [0.25, 0.3) is 0 Å². The van der Waals surface area contributed by atoms with Gasteiger partial charge in [-0.15, -0.1) is 0 Å². The molecule has 0 saturated heterocycles. The number of alkyl halides is 3. The third-order valence-electron chi connectivity index (χ3n) is 4.59. The molecule has 146 valence electrons. The average molecular weight is 404 g/mol. The van der Waals surface area contributed by atoms with E-state index in [4.69, 9.17) is 11.6 Å². The van der Waals surface area contributed by atoms with Gasteiger partial charge in [-0.2, -0.15) is 13.2 Å². The Morgan fingerprint density at radius 2 is 2.11 bits per heavy atom. The van der Waals surface area contributed by atoms with Crippen molar-refractivity contribution in [3.63, 3.8) is 0 Å². The molecular weight excluding hydrogens is 386 g/mol. The highest BCUT2D eigenvalue weighted by molar-refractivity contribution is 6.33. The smallest absolute Gasteiger partial charge is 0.354 e. The Bertz CT molecular complexity index is 754. The van der Waals surface area contributed by atoms with Crippen molar-refractivity contribution in [2.75, 3.05) is 13.1 Å². The van der Waals surface area contributed by atoms with Crippen LogP contribution in [0.1, 0.15) is 29.6 Å². The molecule has 1 unspecified atom stereocenters. The van der Waals surface area contributed by atoms with E-state index < -0.39 is 23.6 Å². The summed E-state index contributed by atoms with van der Waals surface area (Å²) in [6, 6.07) is 3.73. The molecule has 0 aromatic heterocycles. The van der Waals surface area contributed by atoms with E-state index >= 15 is 0 Å². The van der Waals surface area contributed by atoms with Crippen LogP contribution in [0.15, 0.2) is 35.0 Å². The lowest BCUT2D eigenvalue weighted by Gasteiger charge is -2.31. The van der Waals surface area contributed by atoms with Crippen molar-refractivity contribution in [2.24, 2.45) is 10.9 Å². The first kappa shape index (κ1) is 19.7. The molecule has 1 aromatic rings. The van der Waals surface area contributed by atoms with Gasteiger partial charge in [0.2, 0.25) is 0 Å². The molecule has 0 radical (unpaired) electrons. The summed E-state index contributed by atoms with van der Waals surface area (Å²) in [6.45, 7) is 0.202. The average Bonchev–Trinajstić information content (AvgIpc) is 3.42. The number of carbonyl (C=O) groups is 1. The standard InChI is InChI=1S/C18H18ClF4N3O/c19-13-2-1-3-14(20)16(13)17(27)24-9-12(8-11-4-5-11)26-7-6-15(25-10-26)18(21,22)23/h1-3,6,10-12H,4-5,7-9H2,(H,24,27). The van der Waals surface area contributed by atoms with Crippen LogP contribution < -0.4 is 5.32 Å². The second-order valence-electron chi connectivity index (χ2n) is 6.67. The topological polar surface area (TPSA) is 44.7 Å². The summed E-state index contributed by atoms with van der Waals surface area (Å²) in [5.41, 5.74) is -1.16. The maximum atomic E-state index is 13.9. The van der Waals surface area contributed by atoms with Gasteiger partial charge in [0.25, 0.3) is 5.91 Å². The lowest BCUT2D eigenvalue weighted by Crippen LogP contribution is -2.45. The maximum Gasteiger partial charge on any atom is 0.433 e. The largest absolute Gasteiger partial charge is 0.433 e. The van der Waals surface area contributed by atoms with Gasteiger partial charge in [-0.05, 0) is 30.5 Å². The van der Waals surface area contributed by atoms with Crippen LogP contribution in [-0.4, -0.2) is 42.5 Å². The molecule has 0 bridgehead atoms. The van der Waals surface area contributed by atoms with E-state index in [0.29, 0.717) is 12.3 Å². The van der Waals surface area contributed by atoms with E-state index in [1.165, 1.54) is 12.1 Å². The highest BCUT2D eigenvalue weighted by atomic mass is 35.5. The van der Waals surface area contributed by atoms with Gasteiger partial charge in [0.15, 0.2) is 0 Å². The Kier molecular flexibility index (Phi) is 5.74. The number of hydrogen-bond donors (Lipinski definition) is 1. The van der Waals surface area contributed by atoms with E-state index in [-0.39, 0.29) is 29.7 Å². The molecule has 2 aliphatic rings. The van der Waals surface area contributed by atoms with E-state index in [1.807, 2.05) is 0 Å². The first-order chi connectivity index (χ1) is 12.8. The SMILES string of the molecule is O=C(NCC(CC1CC1)N1C=NC(C(F)(F)F)=CC1)c1c(F)cccc1Cl. The van der Waals surface area contributed by atoms with Crippen LogP contribution in [0, 0.1) is 11.7 Å². The Morgan fingerprint density at radius 1 is 1.37 bits per heavy atom. The van der Waals surface area contributed by atoms with Gasteiger partial charge < -0.3 is 10.2 Å². The molecule has 1 aromatic carbocycles. The van der Waals surface area contributed by atoms with Crippen molar-refractivity contribution in [2.45, 2.75) is 31.5 Å². The monoisotopic (exact) mass is 403 g/mol. The molecule has 4 nitrogen and oxygen atoms in total. The number of nitrogens with zero attached hydrogens (tertiary/aromatic N) is 2. The Balaban J connectivity index is 1.65. The van der Waals surface area contributed by atoms with Crippen LogP contribution in [0.4, 0.5) is 17.6 Å². The fourth-order valence-electron chi connectivity index (χ4n) is 2.95. The van der Waals surface area contributed by atoms with Crippen molar-refractivity contribution >= 4 is 23.8 Å². The summed E-state index contributed by atoms with van der Waals surface area (Å²) in [5.74, 6) is -0.902. The van der Waals surface area contributed by atoms with Gasteiger partial charge in [0.05, 0.1) is 16.9 Å². The Hall–Kier alpha value is -2.09. The number of aliphatic imine (C=N–C) groups is 1. The Morgan fingerprint density at radius 3 is 2.67 bits per heavy atom. The maximum absolute atomic E-state index is 13.9. The lowest BCUT2D eigenvalue weighted by atomic mass is 10.1. The molecule has 1 aliphatic carbocycles. The fourth-order valence-corrected chi connectivity index (χ4v) is 3.20. The molecule has 1 aliphatic heterocycles. The van der Waals surface area contributed by atoms with Crippen molar-refractivity contribution < 1.29 is 22.4 Å². The summed E-state index contributed by atoms with van der Waals surface area (Å²) in [6.07, 6.45) is 0.529. The van der Waals surface area contributed by atoms with Gasteiger partial charge in [0.1, 0.15) is 11.5 Å². The van der Waals surface area contributed by atoms with Crippen LogP contribution in [-0.2, 0) is 0 Å². The molecule has 0 spiro atoms. The number of hydrogen-bond acceptors (Lipinski definition) is 3. The molecule has 27 heavy (non-hydrogen) atoms. The molecule has 3 rings (SSSR count). The van der Waals surface area contributed by atoms with Crippen molar-refractivity contribution in [1.82, 2.24) is 10.2 Å². The third kappa shape index (κ3) is 5.00. The minimum atomic E-state index is -4.48. The molecule has 1 fully saturated rings. The van der Waals surface area contributed by atoms with E-state index in [9.17, 15) is 22.4 Å². The van der Waals surface area contributed by atoms with E-state index in [1.54, 1.807) is 4.90 Å². The lowest BCUT2D eigenvalue weighted by molar-refractivity contribution is -0.0930. The predicted octanol–water partition coefficient (Wildman–Crippen LogP) is 4.17. The summed E-state index contributed by atoms with van der Waals surface area (Å²) in [5, 5.41) is 2.65. The molecule has 1 N–H and O–H groups in total. The minimum Gasteiger partial charge on any atom is -0.354 e. The summed E-state index contributed by atoms with van der Waals surface area (Å²) in [7, 11) is 0. The predicted molar refractivity (Wildman–Crippen MR) is 94.2 cm³/mol. The first-order valence-electron chi connectivity index (χ1n) is 8.55. The molecule has 1 heterocycles. The summed E-state index contributed by atoms with van der Waals surface area (Å²) in [4.78, 5) is 17.5. The van der Waals surface area contributed by atoms with Gasteiger partial charge in [0, 0.05) is 19.1 Å². The van der Waals surface area contributed by atoms with Gasteiger partial charge >= 0.3 is 6.18 Å². The first-order valence-corrected chi connectivity index (χ1v) is 8.93. The third-order valence-corrected chi connectivity index (χ3v) is 4.91. The second kappa shape index (κ2) is 7.88. The summed E-state index contributed by atoms with van der Waals surface area (Å²) < 4.78 is 52.0. The van der Waals surface area contributed by atoms with Crippen molar-refractivity contribution in [3.05, 3.63) is 46.4 Å². The highest BCUT2D eigenvalue weighted by Gasteiger charge is 2.36. The van der Waals surface area contributed by atoms with Crippen LogP contribution in [0.3, 0.4) is 0 Å². The van der Waals surface area contributed by atoms with E-state index in [2.05, 4.69) is 10.3 Å². The number of rotatable bonds is 6. The number of carbonyl (C=O) groups excluding carboxylic acids is 1. The number of halogens is 5. The molecular formula is C18H18ClF4N3O. The minimum absolute atomic E-state index is 0.00327. The van der Waals surface area contributed by atoms with Gasteiger partial charge in [-0.25, -0.2) is 9.38 Å². The highest BCUT2D eigenvalue weighted by Crippen LogP contribution is 2.35. The van der Waals surface area contributed by atoms with Crippen molar-refractivity contribution in [3.8, 4) is 0 Å². The number of nitrogens with one attached hydrogen (secondary N) is 1. The zero-order chi connectivity index (χ0) is 19.6. The quantitative estimate of drug-likeness (QED) is 0.725. The Labute approximate surface area is 158 Å². The second-order valence-corrected chi connectivity index (χ2v) is 7.08. The molecule has 9 heteroatoms. The molecule has 1 atom stereocenters. The normalized spacial score (nSPS) is 18.3. The summed E-state index contributed by atoms with van der Waals surface area (Å²) >= 11 is 5.89. The number of benzene rings is 1. The van der Waals surface area contributed by atoms with Crippen LogP contribution in [0.5, 0.6) is 0 Å². The fraction of sp³-hybridized carbons (Fsp3) is 0.444. The zero-order valence-corrected chi connectivity index (χ0v) is 15.0. The number of amides is 1. The van der Waals surface area contributed by atoms with Gasteiger partial charge in [-0.1, -0.05) is 30.5 Å². The zero-order valence-electron chi connectivity index (χ0n) is 14.3. The van der Waals surface area contributed by atoms with Crippen LogP contribution >= 0.6 is 11.6 Å². The number of allylic oxidation sites excluding steroid dienone is 1. The van der Waals surface area contributed by atoms with E-state index in [0.717, 1.165) is 31.3 Å². The van der Waals surface area contributed by atoms with Crippen molar-refractivity contribution in [1.29, 1.82) is 0 Å². The molecule has 1 amide bonds. The van der Waals surface area contributed by atoms with Crippen LogP contribution in [0.2, 0.25) is 5.02 Å². The molecule has 1 saturated carbocycles. The van der Waals surface area contributed by atoms with Gasteiger partial charge in [-0.3, -0.25) is 4.79 Å².